The molecule has 0 radical (unpaired) electrons. The first-order chi connectivity index (χ1) is 21.1. The predicted octanol–water partition coefficient (Wildman–Crippen LogP) is 8.48. The molecule has 6 aromatic rings. The molecule has 0 bridgehead atoms. The van der Waals surface area contributed by atoms with Crippen molar-refractivity contribution < 1.29 is 35.6 Å². The fourth-order valence-corrected chi connectivity index (χ4v) is 5.69. The Morgan fingerprint density at radius 1 is 0.795 bits per heavy atom. The van der Waals surface area contributed by atoms with Crippen LogP contribution in [0.3, 0.4) is 0 Å². The summed E-state index contributed by atoms with van der Waals surface area (Å²) < 4.78 is 12.5. The zero-order valence-electron chi connectivity index (χ0n) is 24.0. The number of rotatable bonds is 7. The van der Waals surface area contributed by atoms with E-state index in [1.807, 2.05) is 61.5 Å². The number of nitrogens with zero attached hydrogens (tertiary/aromatic N) is 2. The fourth-order valence-electron chi connectivity index (χ4n) is 5.69. The molecule has 44 heavy (non-hydrogen) atoms. The molecule has 0 saturated carbocycles. The van der Waals surface area contributed by atoms with Crippen molar-refractivity contribution in [3.05, 3.63) is 156 Å². The van der Waals surface area contributed by atoms with Crippen molar-refractivity contribution in [2.75, 3.05) is 6.61 Å². The summed E-state index contributed by atoms with van der Waals surface area (Å²) in [6.45, 7) is 2.39. The van der Waals surface area contributed by atoms with Crippen LogP contribution in [0.1, 0.15) is 28.2 Å². The smallest absolute Gasteiger partial charge is 0.217 e. The molecule has 1 aliphatic rings. The Labute approximate surface area is 271 Å². The summed E-state index contributed by atoms with van der Waals surface area (Å²) in [7, 11) is 0. The van der Waals surface area contributed by atoms with Gasteiger partial charge in [-0.25, -0.2) is 4.98 Å². The SMILES string of the molecule is Cc1cc(O)c2nc(Oc3[c-]c(C4=N[C@@H](C(c5ccccc5)c5ccccc5)CO4)cc(-c4ccccc4)c3)ccc2c1.[Pt]. The number of ether oxygens (including phenoxy) is 2. The molecular formula is C38H29N2O3Pt-. The maximum atomic E-state index is 10.5. The standard InChI is InChI=1S/C38H29N2O3.Pt/c1-25-19-29-17-18-35(40-37(29)34(41)20-25)43-32-22-30(26-11-5-2-6-12-26)21-31(23-32)38-39-33(24-42-38)36(27-13-7-3-8-14-27)28-15-9-4-10-16-28;/h2-22,33,36,41H,24H2,1H3;/q-1;/t33-;/m1./s1. The number of fused-ring (bicyclic) bond motifs is 1. The molecule has 1 atom stereocenters. The summed E-state index contributed by atoms with van der Waals surface area (Å²) in [5.41, 5.74) is 6.52. The van der Waals surface area contributed by atoms with Crippen molar-refractivity contribution in [2.24, 2.45) is 4.99 Å². The Balaban J connectivity index is 0.00000343. The first kappa shape index (κ1) is 29.3. The molecule has 1 aliphatic heterocycles. The summed E-state index contributed by atoms with van der Waals surface area (Å²) in [6.07, 6.45) is 0. The minimum Gasteiger partial charge on any atom is -0.518 e. The molecule has 0 unspecified atom stereocenters. The Kier molecular flexibility index (Phi) is 8.58. The Bertz CT molecular complexity index is 1890. The van der Waals surface area contributed by atoms with Crippen LogP contribution < -0.4 is 4.74 Å². The van der Waals surface area contributed by atoms with Gasteiger partial charge in [0.2, 0.25) is 5.88 Å². The third-order valence-electron chi connectivity index (χ3n) is 7.66. The molecule has 1 aromatic heterocycles. The van der Waals surface area contributed by atoms with Crippen LogP contribution in [0.5, 0.6) is 17.4 Å². The van der Waals surface area contributed by atoms with Crippen LogP contribution in [0.15, 0.2) is 132 Å². The quantitative estimate of drug-likeness (QED) is 0.166. The summed E-state index contributed by atoms with van der Waals surface area (Å²) >= 11 is 0. The molecular weight excluding hydrogens is 728 g/mol. The molecule has 6 heteroatoms. The summed E-state index contributed by atoms with van der Waals surface area (Å²) in [5.74, 6) is 1.54. The number of benzene rings is 5. The van der Waals surface area contributed by atoms with Crippen molar-refractivity contribution in [1.82, 2.24) is 4.98 Å². The van der Waals surface area contributed by atoms with Gasteiger partial charge in [-0.3, -0.25) is 4.99 Å². The van der Waals surface area contributed by atoms with E-state index in [1.165, 1.54) is 11.1 Å². The molecule has 220 valence electrons. The van der Waals surface area contributed by atoms with E-state index in [9.17, 15) is 5.11 Å². The molecule has 0 amide bonds. The van der Waals surface area contributed by atoms with Crippen molar-refractivity contribution in [3.63, 3.8) is 0 Å². The number of phenols is 1. The van der Waals surface area contributed by atoms with Gasteiger partial charge in [0.05, 0.1) is 12.6 Å². The van der Waals surface area contributed by atoms with Gasteiger partial charge in [0.15, 0.2) is 0 Å². The van der Waals surface area contributed by atoms with Gasteiger partial charge in [-0.2, -0.15) is 0 Å². The van der Waals surface area contributed by atoms with Crippen molar-refractivity contribution in [1.29, 1.82) is 0 Å². The number of aryl methyl sites for hydroxylation is 1. The Morgan fingerprint density at radius 2 is 1.45 bits per heavy atom. The van der Waals surface area contributed by atoms with Gasteiger partial charge in [0.25, 0.3) is 0 Å². The molecule has 0 fully saturated rings. The minimum absolute atomic E-state index is 0. The summed E-state index contributed by atoms with van der Waals surface area (Å²) in [5, 5.41) is 11.3. The van der Waals surface area contributed by atoms with Crippen molar-refractivity contribution >= 4 is 16.8 Å². The van der Waals surface area contributed by atoms with E-state index in [4.69, 9.17) is 14.5 Å². The largest absolute Gasteiger partial charge is 0.518 e. The van der Waals surface area contributed by atoms with Crippen molar-refractivity contribution in [3.8, 4) is 28.5 Å². The number of aliphatic imine (C=N–C) groups is 1. The third kappa shape index (κ3) is 6.15. The first-order valence-corrected chi connectivity index (χ1v) is 14.3. The maximum absolute atomic E-state index is 10.5. The van der Waals surface area contributed by atoms with Gasteiger partial charge < -0.3 is 14.6 Å². The molecule has 0 saturated heterocycles. The van der Waals surface area contributed by atoms with Crippen LogP contribution in [0, 0.1) is 13.0 Å². The van der Waals surface area contributed by atoms with E-state index in [0.29, 0.717) is 35.2 Å². The number of phenolic OH excluding ortho intramolecular Hbond substituents is 1. The number of hydrogen-bond acceptors (Lipinski definition) is 5. The zero-order valence-corrected chi connectivity index (χ0v) is 26.2. The number of aromatic hydroxyl groups is 1. The Morgan fingerprint density at radius 3 is 2.14 bits per heavy atom. The molecule has 0 aliphatic carbocycles. The van der Waals surface area contributed by atoms with Crippen LogP contribution >= 0.6 is 0 Å². The molecule has 2 heterocycles. The zero-order chi connectivity index (χ0) is 29.2. The van der Waals surface area contributed by atoms with E-state index in [0.717, 1.165) is 22.1 Å². The van der Waals surface area contributed by atoms with E-state index >= 15 is 0 Å². The number of hydrogen-bond donors (Lipinski definition) is 1. The second-order valence-corrected chi connectivity index (χ2v) is 10.7. The minimum atomic E-state index is -0.105. The van der Waals surface area contributed by atoms with Crippen LogP contribution in [-0.2, 0) is 25.8 Å². The average molecular weight is 757 g/mol. The van der Waals surface area contributed by atoms with E-state index in [1.54, 1.807) is 12.1 Å². The topological polar surface area (TPSA) is 63.9 Å². The van der Waals surface area contributed by atoms with E-state index in [2.05, 4.69) is 71.7 Å². The molecule has 5 aromatic carbocycles. The average Bonchev–Trinajstić information content (AvgIpc) is 3.53. The Hall–Kier alpha value is -4.73. The number of pyridine rings is 1. The van der Waals surface area contributed by atoms with Gasteiger partial charge in [-0.1, -0.05) is 114 Å². The van der Waals surface area contributed by atoms with Crippen molar-refractivity contribution in [2.45, 2.75) is 18.9 Å². The van der Waals surface area contributed by atoms with Gasteiger partial charge in [0, 0.05) is 44.2 Å². The van der Waals surface area contributed by atoms with Gasteiger partial charge in [0.1, 0.15) is 17.2 Å². The molecule has 7 rings (SSSR count). The van der Waals surface area contributed by atoms with Crippen LogP contribution in [-0.4, -0.2) is 28.6 Å². The second kappa shape index (κ2) is 12.9. The van der Waals surface area contributed by atoms with Gasteiger partial charge >= 0.3 is 0 Å². The predicted molar refractivity (Wildman–Crippen MR) is 170 cm³/mol. The van der Waals surface area contributed by atoms with Crippen LogP contribution in [0.25, 0.3) is 22.0 Å². The van der Waals surface area contributed by atoms with Crippen LogP contribution in [0.4, 0.5) is 0 Å². The van der Waals surface area contributed by atoms with E-state index in [-0.39, 0.29) is 38.8 Å². The van der Waals surface area contributed by atoms with Gasteiger partial charge in [-0.15, -0.1) is 6.07 Å². The number of aromatic nitrogens is 1. The fraction of sp³-hybridized carbons (Fsp3) is 0.105. The summed E-state index contributed by atoms with van der Waals surface area (Å²) in [4.78, 5) is 9.70. The first-order valence-electron chi connectivity index (χ1n) is 14.3. The van der Waals surface area contributed by atoms with E-state index < -0.39 is 0 Å². The normalized spacial score (nSPS) is 14.1. The molecule has 1 N–H and O–H groups in total. The van der Waals surface area contributed by atoms with Gasteiger partial charge in [-0.05, 0) is 47.4 Å². The molecule has 5 nitrogen and oxygen atoms in total. The monoisotopic (exact) mass is 756 g/mol. The summed E-state index contributed by atoms with van der Waals surface area (Å²) in [6, 6.07) is 45.6. The van der Waals surface area contributed by atoms with Crippen LogP contribution in [0.2, 0.25) is 0 Å². The third-order valence-corrected chi connectivity index (χ3v) is 7.66. The molecule has 0 spiro atoms. The maximum Gasteiger partial charge on any atom is 0.217 e. The second-order valence-electron chi connectivity index (χ2n) is 10.7.